The van der Waals surface area contributed by atoms with Crippen molar-refractivity contribution in [1.82, 2.24) is 15.0 Å². The van der Waals surface area contributed by atoms with Gasteiger partial charge in [0.05, 0.1) is 5.69 Å². The molecule has 4 heteroatoms. The molecule has 0 amide bonds. The zero-order chi connectivity index (χ0) is 10.4. The van der Waals surface area contributed by atoms with Crippen molar-refractivity contribution in [2.24, 2.45) is 0 Å². The van der Waals surface area contributed by atoms with Gasteiger partial charge >= 0.3 is 0 Å². The van der Waals surface area contributed by atoms with Gasteiger partial charge in [0, 0.05) is 6.54 Å². The Morgan fingerprint density at radius 2 is 1.93 bits per heavy atom. The predicted molar refractivity (Wildman–Crippen MR) is 61.2 cm³/mol. The number of hydrogen-bond acceptors (Lipinski definition) is 2. The van der Waals surface area contributed by atoms with E-state index in [-0.39, 0.29) is 0 Å². The van der Waals surface area contributed by atoms with Crippen LogP contribution in [0.2, 0.25) is 0 Å². The average Bonchev–Trinajstić information content (AvgIpc) is 2.53. The van der Waals surface area contributed by atoms with Gasteiger partial charge < -0.3 is 0 Å². The summed E-state index contributed by atoms with van der Waals surface area (Å²) in [4.78, 5) is 0. The Kier molecular flexibility index (Phi) is 5.15. The third kappa shape index (κ3) is 3.08. The molecule has 0 bridgehead atoms. The maximum Gasteiger partial charge on any atom is 0.151 e. The van der Waals surface area contributed by atoms with Gasteiger partial charge in [-0.15, -0.1) is 5.10 Å². The van der Waals surface area contributed by atoms with Crippen LogP contribution in [0.4, 0.5) is 0 Å². The summed E-state index contributed by atoms with van der Waals surface area (Å²) >= 11 is 3.44. The lowest BCUT2D eigenvalue weighted by atomic mass is 10.2. The van der Waals surface area contributed by atoms with E-state index in [1.54, 1.807) is 0 Å². The van der Waals surface area contributed by atoms with Crippen LogP contribution in [0.3, 0.4) is 0 Å². The lowest BCUT2D eigenvalue weighted by Gasteiger charge is -2.04. The molecule has 1 rings (SSSR count). The molecule has 0 aliphatic carbocycles. The third-order valence-electron chi connectivity index (χ3n) is 2.28. The van der Waals surface area contributed by atoms with Gasteiger partial charge in [0.1, 0.15) is 0 Å². The van der Waals surface area contributed by atoms with Crippen LogP contribution >= 0.6 is 15.9 Å². The molecular weight excluding hydrogens is 242 g/mol. The first-order valence-corrected chi connectivity index (χ1v) is 6.16. The molecule has 0 aliphatic heterocycles. The van der Waals surface area contributed by atoms with Crippen LogP contribution in [0, 0.1) is 0 Å². The fraction of sp³-hybridized carbons (Fsp3) is 0.800. The molecule has 14 heavy (non-hydrogen) atoms. The second-order valence-corrected chi connectivity index (χ2v) is 4.26. The van der Waals surface area contributed by atoms with E-state index < -0.39 is 0 Å². The Morgan fingerprint density at radius 1 is 1.21 bits per heavy atom. The van der Waals surface area contributed by atoms with Crippen LogP contribution in [0.15, 0.2) is 4.60 Å². The van der Waals surface area contributed by atoms with E-state index in [2.05, 4.69) is 40.1 Å². The van der Waals surface area contributed by atoms with Crippen LogP contribution < -0.4 is 0 Å². The quantitative estimate of drug-likeness (QED) is 0.786. The summed E-state index contributed by atoms with van der Waals surface area (Å²) < 4.78 is 2.95. The standard InChI is InChI=1S/C10H18BrN3/c1-3-5-7-9-10(11)12-13-14(9)8-6-4-2/h3-8H2,1-2H3. The van der Waals surface area contributed by atoms with E-state index in [9.17, 15) is 0 Å². The summed E-state index contributed by atoms with van der Waals surface area (Å²) in [6.07, 6.45) is 5.87. The molecule has 0 atom stereocenters. The Hall–Kier alpha value is -0.380. The molecule has 1 aromatic rings. The summed E-state index contributed by atoms with van der Waals surface area (Å²) in [5.74, 6) is 0. The fourth-order valence-electron chi connectivity index (χ4n) is 1.38. The van der Waals surface area contributed by atoms with E-state index >= 15 is 0 Å². The first-order valence-electron chi connectivity index (χ1n) is 5.37. The number of halogens is 1. The van der Waals surface area contributed by atoms with E-state index in [0.29, 0.717) is 0 Å². The summed E-state index contributed by atoms with van der Waals surface area (Å²) in [7, 11) is 0. The smallest absolute Gasteiger partial charge is 0.151 e. The zero-order valence-corrected chi connectivity index (χ0v) is 10.5. The van der Waals surface area contributed by atoms with Gasteiger partial charge in [0.15, 0.2) is 4.60 Å². The van der Waals surface area contributed by atoms with Crippen molar-refractivity contribution in [3.8, 4) is 0 Å². The Morgan fingerprint density at radius 3 is 2.57 bits per heavy atom. The molecule has 3 nitrogen and oxygen atoms in total. The van der Waals surface area contributed by atoms with Crippen molar-refractivity contribution >= 4 is 15.9 Å². The maximum absolute atomic E-state index is 4.13. The molecule has 0 aliphatic rings. The van der Waals surface area contributed by atoms with Crippen LogP contribution in [-0.2, 0) is 13.0 Å². The minimum Gasteiger partial charge on any atom is -0.248 e. The molecule has 0 saturated carbocycles. The second kappa shape index (κ2) is 6.17. The Labute approximate surface area is 94.0 Å². The Bertz CT molecular complexity index is 270. The van der Waals surface area contributed by atoms with Crippen LogP contribution in [-0.4, -0.2) is 15.0 Å². The highest BCUT2D eigenvalue weighted by molar-refractivity contribution is 9.10. The van der Waals surface area contributed by atoms with Gasteiger partial charge in [0.2, 0.25) is 0 Å². The summed E-state index contributed by atoms with van der Waals surface area (Å²) in [6.45, 7) is 5.39. The molecule has 0 radical (unpaired) electrons. The van der Waals surface area contributed by atoms with E-state index in [1.165, 1.54) is 31.4 Å². The molecule has 0 fully saturated rings. The number of rotatable bonds is 6. The van der Waals surface area contributed by atoms with Gasteiger partial charge in [-0.25, -0.2) is 4.68 Å². The lowest BCUT2D eigenvalue weighted by molar-refractivity contribution is 0.528. The summed E-state index contributed by atoms with van der Waals surface area (Å²) in [6, 6.07) is 0. The normalized spacial score (nSPS) is 10.8. The minimum atomic E-state index is 0.919. The van der Waals surface area contributed by atoms with Crippen LogP contribution in [0.25, 0.3) is 0 Å². The number of hydrogen-bond donors (Lipinski definition) is 0. The fourth-order valence-corrected chi connectivity index (χ4v) is 1.85. The van der Waals surface area contributed by atoms with Gasteiger partial charge in [-0.05, 0) is 35.2 Å². The molecule has 80 valence electrons. The first kappa shape index (κ1) is 11.7. The second-order valence-electron chi connectivity index (χ2n) is 3.51. The van der Waals surface area contributed by atoms with E-state index in [0.717, 1.165) is 17.6 Å². The van der Waals surface area contributed by atoms with Crippen LogP contribution in [0.5, 0.6) is 0 Å². The molecule has 0 saturated heterocycles. The highest BCUT2D eigenvalue weighted by Gasteiger charge is 2.08. The number of nitrogens with zero attached hydrogens (tertiary/aromatic N) is 3. The number of aromatic nitrogens is 3. The molecule has 1 heterocycles. The van der Waals surface area contributed by atoms with Gasteiger partial charge in [0.25, 0.3) is 0 Å². The summed E-state index contributed by atoms with van der Waals surface area (Å²) in [5.41, 5.74) is 1.25. The van der Waals surface area contributed by atoms with Crippen LogP contribution in [0.1, 0.15) is 45.2 Å². The third-order valence-corrected chi connectivity index (χ3v) is 2.90. The van der Waals surface area contributed by atoms with Crippen molar-refractivity contribution in [2.45, 2.75) is 52.5 Å². The zero-order valence-electron chi connectivity index (χ0n) is 8.96. The molecule has 0 aromatic carbocycles. The molecule has 0 unspecified atom stereocenters. The molecule has 0 N–H and O–H groups in total. The number of unbranched alkanes of at least 4 members (excludes halogenated alkanes) is 2. The topological polar surface area (TPSA) is 30.7 Å². The summed E-state index contributed by atoms with van der Waals surface area (Å²) in [5, 5.41) is 8.18. The average molecular weight is 260 g/mol. The number of aryl methyl sites for hydroxylation is 1. The van der Waals surface area contributed by atoms with Crippen molar-refractivity contribution in [3.63, 3.8) is 0 Å². The van der Waals surface area contributed by atoms with Crippen molar-refractivity contribution < 1.29 is 0 Å². The van der Waals surface area contributed by atoms with E-state index in [1.807, 2.05) is 4.68 Å². The molecule has 0 spiro atoms. The van der Waals surface area contributed by atoms with Gasteiger partial charge in [-0.1, -0.05) is 31.9 Å². The SMILES string of the molecule is CCCCc1c(Br)nnn1CCCC. The van der Waals surface area contributed by atoms with Crippen molar-refractivity contribution in [3.05, 3.63) is 10.3 Å². The van der Waals surface area contributed by atoms with Crippen molar-refractivity contribution in [1.29, 1.82) is 0 Å². The van der Waals surface area contributed by atoms with Crippen molar-refractivity contribution in [2.75, 3.05) is 0 Å². The van der Waals surface area contributed by atoms with E-state index in [4.69, 9.17) is 0 Å². The lowest BCUT2D eigenvalue weighted by Crippen LogP contribution is -2.05. The predicted octanol–water partition coefficient (Wildman–Crippen LogP) is 3.18. The highest BCUT2D eigenvalue weighted by Crippen LogP contribution is 2.15. The maximum atomic E-state index is 4.13. The molecule has 1 aromatic heterocycles. The highest BCUT2D eigenvalue weighted by atomic mass is 79.9. The van der Waals surface area contributed by atoms with Gasteiger partial charge in [-0.2, -0.15) is 0 Å². The largest absolute Gasteiger partial charge is 0.248 e. The first-order chi connectivity index (χ1) is 6.79. The molecular formula is C10H18BrN3. The van der Waals surface area contributed by atoms with Gasteiger partial charge in [-0.3, -0.25) is 0 Å². The monoisotopic (exact) mass is 259 g/mol. The minimum absolute atomic E-state index is 0.919. The Balaban J connectivity index is 2.62.